The number of rotatable bonds is 3. The first-order valence-corrected chi connectivity index (χ1v) is 8.67. The van der Waals surface area contributed by atoms with E-state index in [4.69, 9.17) is 4.74 Å². The van der Waals surface area contributed by atoms with Crippen LogP contribution in [0.1, 0.15) is 27.9 Å². The second kappa shape index (κ2) is 7.81. The molecule has 0 saturated heterocycles. The van der Waals surface area contributed by atoms with Crippen molar-refractivity contribution >= 4 is 11.9 Å². The molecule has 9 heteroatoms. The summed E-state index contributed by atoms with van der Waals surface area (Å²) in [6, 6.07) is 10.8. The fourth-order valence-corrected chi connectivity index (χ4v) is 3.08. The van der Waals surface area contributed by atoms with E-state index in [0.717, 1.165) is 0 Å². The third kappa shape index (κ3) is 4.23. The molecular formula is C20H17F5N2O2. The molecule has 0 radical (unpaired) electrons. The zero-order valence-electron chi connectivity index (χ0n) is 15.3. The molecule has 2 aromatic carbocycles. The zero-order valence-corrected chi connectivity index (χ0v) is 15.3. The Bertz CT molecular complexity index is 930. The number of aliphatic imine (C=N–C) groups is 1. The second-order valence-corrected chi connectivity index (χ2v) is 6.69. The Balaban J connectivity index is 2.05. The zero-order chi connectivity index (χ0) is 21.2. The number of nitrogens with one attached hydrogen (secondary N) is 1. The summed E-state index contributed by atoms with van der Waals surface area (Å²) in [5, 5.41) is 2.13. The molecule has 0 aromatic heterocycles. The molecule has 2 aromatic rings. The van der Waals surface area contributed by atoms with Crippen molar-refractivity contribution in [2.24, 2.45) is 4.99 Å². The van der Waals surface area contributed by atoms with Gasteiger partial charge in [-0.3, -0.25) is 10.1 Å². The standard InChI is InChI=1S/C20H17F5N2O2/c1-12-6-5-9-14(16(12)22)19(11-21)10-15(20(23,24)25)29-18(27-19)26-17(28)13-7-3-2-4-8-13/h2-9,15H,10-11H2,1H3,(H,26,27,28)/t15-,19+/m0/s1. The minimum absolute atomic E-state index is 0.135. The molecule has 1 N–H and O–H groups in total. The Hall–Kier alpha value is -2.97. The van der Waals surface area contributed by atoms with Crippen molar-refractivity contribution in [3.05, 3.63) is 71.0 Å². The number of ether oxygens (including phenoxy) is 1. The van der Waals surface area contributed by atoms with Gasteiger partial charge in [0.15, 0.2) is 6.10 Å². The lowest BCUT2D eigenvalue weighted by atomic mass is 9.84. The summed E-state index contributed by atoms with van der Waals surface area (Å²) in [5.41, 5.74) is -2.24. The quantitative estimate of drug-likeness (QED) is 0.758. The molecule has 4 nitrogen and oxygen atoms in total. The number of benzene rings is 2. The van der Waals surface area contributed by atoms with Gasteiger partial charge in [0.1, 0.15) is 18.0 Å². The molecule has 0 spiro atoms. The van der Waals surface area contributed by atoms with Crippen LogP contribution in [0.2, 0.25) is 0 Å². The van der Waals surface area contributed by atoms with Crippen LogP contribution in [0.25, 0.3) is 0 Å². The van der Waals surface area contributed by atoms with Gasteiger partial charge in [-0.25, -0.2) is 13.8 Å². The lowest BCUT2D eigenvalue weighted by Crippen LogP contribution is -2.50. The van der Waals surface area contributed by atoms with Crippen molar-refractivity contribution in [3.63, 3.8) is 0 Å². The Morgan fingerprint density at radius 1 is 1.21 bits per heavy atom. The van der Waals surface area contributed by atoms with Crippen molar-refractivity contribution in [2.45, 2.75) is 31.2 Å². The number of nitrogens with zero attached hydrogens (tertiary/aromatic N) is 1. The highest BCUT2D eigenvalue weighted by atomic mass is 19.4. The molecule has 1 heterocycles. The van der Waals surface area contributed by atoms with Crippen molar-refractivity contribution in [2.75, 3.05) is 6.67 Å². The minimum Gasteiger partial charge on any atom is -0.452 e. The topological polar surface area (TPSA) is 50.7 Å². The first-order chi connectivity index (χ1) is 13.7. The number of hydrogen-bond acceptors (Lipinski definition) is 3. The van der Waals surface area contributed by atoms with E-state index in [2.05, 4.69) is 10.3 Å². The van der Waals surface area contributed by atoms with Crippen molar-refractivity contribution in [1.82, 2.24) is 5.32 Å². The summed E-state index contributed by atoms with van der Waals surface area (Å²) in [4.78, 5) is 16.2. The molecule has 0 saturated carbocycles. The average Bonchev–Trinajstić information content (AvgIpc) is 2.69. The number of halogens is 5. The number of amidine groups is 1. The normalized spacial score (nSPS) is 21.9. The minimum atomic E-state index is -4.88. The van der Waals surface area contributed by atoms with E-state index in [0.29, 0.717) is 0 Å². The van der Waals surface area contributed by atoms with Crippen LogP contribution in [-0.2, 0) is 10.3 Å². The number of aryl methyl sites for hydroxylation is 1. The Labute approximate surface area is 163 Å². The van der Waals surface area contributed by atoms with Gasteiger partial charge in [0, 0.05) is 17.5 Å². The molecule has 0 aliphatic carbocycles. The van der Waals surface area contributed by atoms with Gasteiger partial charge in [-0.2, -0.15) is 13.2 Å². The summed E-state index contributed by atoms with van der Waals surface area (Å²) in [6.45, 7) is 0.00115. The molecule has 0 unspecified atom stereocenters. The maximum absolute atomic E-state index is 14.7. The number of amides is 1. The summed E-state index contributed by atoms with van der Waals surface area (Å²) >= 11 is 0. The van der Waals surface area contributed by atoms with Crippen LogP contribution in [0.15, 0.2) is 53.5 Å². The molecular weight excluding hydrogens is 395 g/mol. The van der Waals surface area contributed by atoms with Gasteiger partial charge in [-0.1, -0.05) is 36.4 Å². The van der Waals surface area contributed by atoms with Gasteiger partial charge in [0.2, 0.25) is 0 Å². The van der Waals surface area contributed by atoms with Gasteiger partial charge < -0.3 is 4.74 Å². The van der Waals surface area contributed by atoms with Crippen LogP contribution in [0.4, 0.5) is 22.0 Å². The lowest BCUT2D eigenvalue weighted by Gasteiger charge is -2.37. The maximum atomic E-state index is 14.7. The molecule has 154 valence electrons. The fourth-order valence-electron chi connectivity index (χ4n) is 3.08. The summed E-state index contributed by atoms with van der Waals surface area (Å²) in [6.07, 6.45) is -8.31. The number of carbonyl (C=O) groups excluding carboxylic acids is 1. The van der Waals surface area contributed by atoms with Gasteiger partial charge >= 0.3 is 6.18 Å². The van der Waals surface area contributed by atoms with Gasteiger partial charge in [0.05, 0.1) is 0 Å². The SMILES string of the molecule is Cc1cccc([C@]2(CF)C[C@@H](C(F)(F)F)OC(NC(=O)c3ccccc3)=N2)c1F. The Morgan fingerprint density at radius 3 is 2.52 bits per heavy atom. The highest BCUT2D eigenvalue weighted by Crippen LogP contribution is 2.42. The lowest BCUT2D eigenvalue weighted by molar-refractivity contribution is -0.209. The Kier molecular flexibility index (Phi) is 5.59. The summed E-state index contributed by atoms with van der Waals surface area (Å²) in [7, 11) is 0. The third-order valence-corrected chi connectivity index (χ3v) is 4.63. The number of hydrogen-bond donors (Lipinski definition) is 1. The van der Waals surface area contributed by atoms with E-state index in [-0.39, 0.29) is 16.7 Å². The third-order valence-electron chi connectivity index (χ3n) is 4.63. The van der Waals surface area contributed by atoms with E-state index in [9.17, 15) is 26.7 Å². The van der Waals surface area contributed by atoms with E-state index in [1.54, 1.807) is 18.2 Å². The van der Waals surface area contributed by atoms with Gasteiger partial charge in [-0.05, 0) is 24.6 Å². The summed E-state index contributed by atoms with van der Waals surface area (Å²) in [5.74, 6) is -1.64. The molecule has 0 bridgehead atoms. The maximum Gasteiger partial charge on any atom is 0.425 e. The van der Waals surface area contributed by atoms with E-state index < -0.39 is 48.7 Å². The Morgan fingerprint density at radius 2 is 1.90 bits per heavy atom. The molecule has 1 aliphatic rings. The number of carbonyl (C=O) groups is 1. The first-order valence-electron chi connectivity index (χ1n) is 8.67. The fraction of sp³-hybridized carbons (Fsp3) is 0.300. The monoisotopic (exact) mass is 412 g/mol. The van der Waals surface area contributed by atoms with Gasteiger partial charge in [0.25, 0.3) is 11.9 Å². The largest absolute Gasteiger partial charge is 0.452 e. The predicted octanol–water partition coefficient (Wildman–Crippen LogP) is 4.44. The van der Waals surface area contributed by atoms with E-state index in [1.807, 2.05) is 0 Å². The van der Waals surface area contributed by atoms with E-state index in [1.165, 1.54) is 37.3 Å². The van der Waals surface area contributed by atoms with Crippen LogP contribution >= 0.6 is 0 Å². The molecule has 3 rings (SSSR count). The van der Waals surface area contributed by atoms with Crippen LogP contribution in [0, 0.1) is 12.7 Å². The van der Waals surface area contributed by atoms with Crippen molar-refractivity contribution in [1.29, 1.82) is 0 Å². The molecule has 0 fully saturated rings. The van der Waals surface area contributed by atoms with Crippen molar-refractivity contribution < 1.29 is 31.5 Å². The predicted molar refractivity (Wildman–Crippen MR) is 95.7 cm³/mol. The highest BCUT2D eigenvalue weighted by molar-refractivity contribution is 6.04. The summed E-state index contributed by atoms with van der Waals surface area (Å²) < 4.78 is 73.9. The van der Waals surface area contributed by atoms with Crippen molar-refractivity contribution in [3.8, 4) is 0 Å². The molecule has 1 amide bonds. The second-order valence-electron chi connectivity index (χ2n) is 6.69. The smallest absolute Gasteiger partial charge is 0.425 e. The first kappa shape index (κ1) is 20.8. The van der Waals surface area contributed by atoms with Crippen LogP contribution in [0.5, 0.6) is 0 Å². The molecule has 2 atom stereocenters. The molecule has 29 heavy (non-hydrogen) atoms. The van der Waals surface area contributed by atoms with E-state index >= 15 is 0 Å². The van der Waals surface area contributed by atoms with Crippen LogP contribution < -0.4 is 5.32 Å². The van der Waals surface area contributed by atoms with Gasteiger partial charge in [-0.15, -0.1) is 0 Å². The number of alkyl halides is 4. The van der Waals surface area contributed by atoms with Crippen LogP contribution in [-0.4, -0.2) is 30.9 Å². The average molecular weight is 412 g/mol. The molecule has 1 aliphatic heterocycles. The van der Waals surface area contributed by atoms with Crippen LogP contribution in [0.3, 0.4) is 0 Å². The highest BCUT2D eigenvalue weighted by Gasteiger charge is 2.52.